The highest BCUT2D eigenvalue weighted by atomic mass is 16.7. The molecule has 17 heavy (non-hydrogen) atoms. The van der Waals surface area contributed by atoms with Gasteiger partial charge in [0.2, 0.25) is 6.79 Å². The number of nitrogens with zero attached hydrogens (tertiary/aromatic N) is 1. The lowest BCUT2D eigenvalue weighted by Gasteiger charge is -2.24. The van der Waals surface area contributed by atoms with Gasteiger partial charge in [-0.3, -0.25) is 5.32 Å². The molecule has 4 nitrogen and oxygen atoms in total. The first-order chi connectivity index (χ1) is 7.99. The van der Waals surface area contributed by atoms with Gasteiger partial charge in [0.05, 0.1) is 6.07 Å². The van der Waals surface area contributed by atoms with Crippen molar-refractivity contribution in [1.82, 2.24) is 5.32 Å². The van der Waals surface area contributed by atoms with E-state index < -0.39 is 0 Å². The first-order valence-electron chi connectivity index (χ1n) is 5.56. The molecule has 1 aromatic rings. The normalized spacial score (nSPS) is 15.4. The Bertz CT molecular complexity index is 457. The summed E-state index contributed by atoms with van der Waals surface area (Å²) in [5, 5.41) is 12.5. The summed E-state index contributed by atoms with van der Waals surface area (Å²) in [4.78, 5) is 0. The molecule has 1 unspecified atom stereocenters. The molecular weight excluding hydrogens is 216 g/mol. The van der Waals surface area contributed by atoms with Gasteiger partial charge in [0, 0.05) is 5.54 Å². The van der Waals surface area contributed by atoms with Crippen LogP contribution in [0.5, 0.6) is 11.5 Å². The van der Waals surface area contributed by atoms with E-state index in [1.165, 1.54) is 0 Å². The lowest BCUT2D eigenvalue weighted by atomic mass is 10.0. The fraction of sp³-hybridized carbons (Fsp3) is 0.462. The van der Waals surface area contributed by atoms with Crippen LogP contribution in [0.3, 0.4) is 0 Å². The van der Waals surface area contributed by atoms with Gasteiger partial charge < -0.3 is 9.47 Å². The van der Waals surface area contributed by atoms with Crippen LogP contribution in [0.4, 0.5) is 0 Å². The van der Waals surface area contributed by atoms with E-state index in [0.717, 1.165) is 11.3 Å². The summed E-state index contributed by atoms with van der Waals surface area (Å²) in [7, 11) is 0. The Morgan fingerprint density at radius 1 is 1.29 bits per heavy atom. The molecule has 0 radical (unpaired) electrons. The number of hydrogen-bond acceptors (Lipinski definition) is 4. The number of nitriles is 1. The average molecular weight is 232 g/mol. The number of rotatable bonds is 2. The van der Waals surface area contributed by atoms with E-state index in [9.17, 15) is 5.26 Å². The summed E-state index contributed by atoms with van der Waals surface area (Å²) in [6, 6.07) is 7.50. The summed E-state index contributed by atoms with van der Waals surface area (Å²) >= 11 is 0. The summed E-state index contributed by atoms with van der Waals surface area (Å²) in [6.07, 6.45) is 0. The molecule has 1 aliphatic rings. The molecule has 0 saturated heterocycles. The Kier molecular flexibility index (Phi) is 2.95. The predicted molar refractivity (Wildman–Crippen MR) is 63.8 cm³/mol. The van der Waals surface area contributed by atoms with Crippen molar-refractivity contribution in [3.8, 4) is 17.6 Å². The zero-order valence-corrected chi connectivity index (χ0v) is 10.3. The number of hydrogen-bond donors (Lipinski definition) is 1. The highest BCUT2D eigenvalue weighted by molar-refractivity contribution is 5.46. The van der Waals surface area contributed by atoms with Crippen LogP contribution in [-0.2, 0) is 0 Å². The zero-order chi connectivity index (χ0) is 12.5. The van der Waals surface area contributed by atoms with Gasteiger partial charge in [-0.1, -0.05) is 6.07 Å². The maximum atomic E-state index is 9.21. The topological polar surface area (TPSA) is 54.3 Å². The molecule has 1 aromatic carbocycles. The van der Waals surface area contributed by atoms with Crippen LogP contribution in [-0.4, -0.2) is 12.3 Å². The van der Waals surface area contributed by atoms with Crippen molar-refractivity contribution < 1.29 is 9.47 Å². The van der Waals surface area contributed by atoms with Crippen LogP contribution in [0.1, 0.15) is 32.4 Å². The van der Waals surface area contributed by atoms with Crippen molar-refractivity contribution >= 4 is 0 Å². The molecule has 1 heterocycles. The van der Waals surface area contributed by atoms with Crippen LogP contribution in [0.2, 0.25) is 0 Å². The molecule has 1 aliphatic heterocycles. The van der Waals surface area contributed by atoms with E-state index in [4.69, 9.17) is 9.47 Å². The fourth-order valence-electron chi connectivity index (χ4n) is 1.72. The number of fused-ring (bicyclic) bond motifs is 1. The van der Waals surface area contributed by atoms with Crippen LogP contribution in [0, 0.1) is 11.3 Å². The third-order valence-corrected chi connectivity index (χ3v) is 2.44. The first-order valence-corrected chi connectivity index (χ1v) is 5.56. The lowest BCUT2D eigenvalue weighted by molar-refractivity contribution is 0.174. The lowest BCUT2D eigenvalue weighted by Crippen LogP contribution is -2.38. The molecule has 4 heteroatoms. The van der Waals surface area contributed by atoms with E-state index in [1.54, 1.807) is 0 Å². The number of benzene rings is 1. The number of nitrogens with one attached hydrogen (secondary N) is 1. The van der Waals surface area contributed by atoms with Crippen LogP contribution < -0.4 is 14.8 Å². The molecule has 0 fully saturated rings. The Labute approximate surface area is 101 Å². The predicted octanol–water partition coefficient (Wildman–Crippen LogP) is 2.37. The maximum absolute atomic E-state index is 9.21. The quantitative estimate of drug-likeness (QED) is 0.850. The zero-order valence-electron chi connectivity index (χ0n) is 10.3. The third-order valence-electron chi connectivity index (χ3n) is 2.44. The maximum Gasteiger partial charge on any atom is 0.231 e. The molecule has 90 valence electrons. The second-order valence-corrected chi connectivity index (χ2v) is 5.07. The summed E-state index contributed by atoms with van der Waals surface area (Å²) in [5.41, 5.74) is 0.781. The van der Waals surface area contributed by atoms with Crippen molar-refractivity contribution in [2.45, 2.75) is 32.4 Å². The Morgan fingerprint density at radius 2 is 2.00 bits per heavy atom. The van der Waals surface area contributed by atoms with Crippen LogP contribution in [0.25, 0.3) is 0 Å². The van der Waals surface area contributed by atoms with Gasteiger partial charge in [-0.05, 0) is 38.5 Å². The minimum atomic E-state index is -0.343. The van der Waals surface area contributed by atoms with Crippen LogP contribution >= 0.6 is 0 Å². The molecule has 0 aromatic heterocycles. The summed E-state index contributed by atoms with van der Waals surface area (Å²) < 4.78 is 10.5. The fourth-order valence-corrected chi connectivity index (χ4v) is 1.72. The minimum Gasteiger partial charge on any atom is -0.454 e. The Balaban J connectivity index is 2.24. The second-order valence-electron chi connectivity index (χ2n) is 5.07. The Morgan fingerprint density at radius 3 is 2.65 bits per heavy atom. The van der Waals surface area contributed by atoms with Crippen molar-refractivity contribution in [3.63, 3.8) is 0 Å². The van der Waals surface area contributed by atoms with Gasteiger partial charge in [0.15, 0.2) is 11.5 Å². The van der Waals surface area contributed by atoms with Crippen molar-refractivity contribution in [2.24, 2.45) is 0 Å². The molecule has 0 saturated carbocycles. The molecule has 2 rings (SSSR count). The number of ether oxygens (including phenoxy) is 2. The highest BCUT2D eigenvalue weighted by Gasteiger charge is 2.21. The van der Waals surface area contributed by atoms with Gasteiger partial charge in [-0.2, -0.15) is 5.26 Å². The van der Waals surface area contributed by atoms with Crippen LogP contribution in [0.15, 0.2) is 18.2 Å². The van der Waals surface area contributed by atoms with Gasteiger partial charge in [-0.15, -0.1) is 0 Å². The minimum absolute atomic E-state index is 0.114. The summed E-state index contributed by atoms with van der Waals surface area (Å²) in [6.45, 7) is 6.35. The first kappa shape index (κ1) is 11.7. The molecule has 0 amide bonds. The molecule has 0 spiro atoms. The largest absolute Gasteiger partial charge is 0.454 e. The highest BCUT2D eigenvalue weighted by Crippen LogP contribution is 2.34. The van der Waals surface area contributed by atoms with E-state index in [2.05, 4.69) is 11.4 Å². The van der Waals surface area contributed by atoms with Gasteiger partial charge in [0.25, 0.3) is 0 Å². The van der Waals surface area contributed by atoms with E-state index in [0.29, 0.717) is 5.75 Å². The molecule has 1 N–H and O–H groups in total. The monoisotopic (exact) mass is 232 g/mol. The summed E-state index contributed by atoms with van der Waals surface area (Å²) in [5.74, 6) is 1.44. The average Bonchev–Trinajstić information content (AvgIpc) is 2.71. The van der Waals surface area contributed by atoms with Crippen molar-refractivity contribution in [1.29, 1.82) is 5.26 Å². The second kappa shape index (κ2) is 4.27. The standard InChI is InChI=1S/C13H16N2O2/c1-13(2,3)15-10(7-14)9-4-5-11-12(6-9)17-8-16-11/h4-6,10,15H,8H2,1-3H3. The van der Waals surface area contributed by atoms with Gasteiger partial charge in [0.1, 0.15) is 6.04 Å². The third kappa shape index (κ3) is 2.69. The van der Waals surface area contributed by atoms with Gasteiger partial charge in [-0.25, -0.2) is 0 Å². The molecule has 1 atom stereocenters. The van der Waals surface area contributed by atoms with E-state index >= 15 is 0 Å². The van der Waals surface area contributed by atoms with Gasteiger partial charge >= 0.3 is 0 Å². The van der Waals surface area contributed by atoms with E-state index in [1.807, 2.05) is 39.0 Å². The molecule has 0 aliphatic carbocycles. The molecule has 0 bridgehead atoms. The molecular formula is C13H16N2O2. The SMILES string of the molecule is CC(C)(C)NC(C#N)c1ccc2c(c1)OCO2. The smallest absolute Gasteiger partial charge is 0.231 e. The van der Waals surface area contributed by atoms with E-state index in [-0.39, 0.29) is 18.4 Å². The van der Waals surface area contributed by atoms with Crippen molar-refractivity contribution in [2.75, 3.05) is 6.79 Å². The van der Waals surface area contributed by atoms with Crippen molar-refractivity contribution in [3.05, 3.63) is 23.8 Å². The Hall–Kier alpha value is -1.73.